The molecular weight excluding hydrogens is 760 g/mol. The number of aliphatic carboxylic acids is 1. The standard InChI is InChI=1S/C42H68O16/c1-37(2)24-9-10-41(6)25(39(24,4)14-21(46)33(37)52)8-7-19-20-13-38(3,18-45)26(15-42(20,36(53)54)12-11-40(19,41)5)57-35-32(30(50)28(48)23(17-44)56-35)58-34-31(51)29(49)27(47)22(16-43)55-34/h7,20-35,43-52H,8-18H2,1-6H3,(H,53,54)/t20-,21?,22+,23+,24?,25?,26?,27+,28+,29-,30-,31+,32+,33?,34-,35-,38?,39-,40+,41+,42+/m0/s1. The Bertz CT molecular complexity index is 1570. The van der Waals surface area contributed by atoms with Crippen LogP contribution < -0.4 is 0 Å². The lowest BCUT2D eigenvalue weighted by molar-refractivity contribution is -0.377. The van der Waals surface area contributed by atoms with Gasteiger partial charge in [-0.25, -0.2) is 0 Å². The highest BCUT2D eigenvalue weighted by Gasteiger charge is 2.71. The van der Waals surface area contributed by atoms with Gasteiger partial charge in [0.25, 0.3) is 0 Å². The second kappa shape index (κ2) is 15.2. The second-order valence-electron chi connectivity index (χ2n) is 20.7. The highest BCUT2D eigenvalue weighted by molar-refractivity contribution is 5.77. The van der Waals surface area contributed by atoms with Crippen molar-refractivity contribution in [2.75, 3.05) is 19.8 Å². The summed E-state index contributed by atoms with van der Waals surface area (Å²) in [5.41, 5.74) is -2.78. The van der Waals surface area contributed by atoms with Crippen molar-refractivity contribution in [3.63, 3.8) is 0 Å². The van der Waals surface area contributed by atoms with Gasteiger partial charge in [0.15, 0.2) is 12.6 Å². The molecule has 58 heavy (non-hydrogen) atoms. The van der Waals surface area contributed by atoms with Gasteiger partial charge < -0.3 is 75.1 Å². The minimum absolute atomic E-state index is 0.0647. The van der Waals surface area contributed by atoms with E-state index >= 15 is 0 Å². The predicted octanol–water partition coefficient (Wildman–Crippen LogP) is -0.204. The van der Waals surface area contributed by atoms with Crippen LogP contribution in [0.5, 0.6) is 0 Å². The van der Waals surface area contributed by atoms with E-state index in [0.29, 0.717) is 25.7 Å². The first-order chi connectivity index (χ1) is 27.0. The molecule has 0 aromatic heterocycles. The zero-order chi connectivity index (χ0) is 42.7. The van der Waals surface area contributed by atoms with Crippen molar-refractivity contribution in [2.45, 2.75) is 173 Å². The van der Waals surface area contributed by atoms with E-state index in [1.165, 1.54) is 0 Å². The summed E-state index contributed by atoms with van der Waals surface area (Å²) in [5.74, 6) is -1.14. The summed E-state index contributed by atoms with van der Waals surface area (Å²) in [4.78, 5) is 13.8. The molecule has 4 saturated carbocycles. The van der Waals surface area contributed by atoms with E-state index < -0.39 is 133 Å². The predicted molar refractivity (Wildman–Crippen MR) is 202 cm³/mol. The molecule has 332 valence electrons. The number of hydrogen-bond donors (Lipinski definition) is 11. The van der Waals surface area contributed by atoms with Crippen LogP contribution in [0.4, 0.5) is 0 Å². The van der Waals surface area contributed by atoms with Gasteiger partial charge in [-0.15, -0.1) is 0 Å². The third kappa shape index (κ3) is 6.33. The largest absolute Gasteiger partial charge is 0.481 e. The molecule has 11 N–H and O–H groups in total. The molecule has 21 atom stereocenters. The number of ether oxygens (including phenoxy) is 4. The molecule has 6 fully saturated rings. The van der Waals surface area contributed by atoms with Gasteiger partial charge in [-0.1, -0.05) is 53.2 Å². The van der Waals surface area contributed by atoms with Gasteiger partial charge in [0.1, 0.15) is 48.8 Å². The number of aliphatic hydroxyl groups is 10. The Labute approximate surface area is 339 Å². The molecule has 0 radical (unpaired) electrons. The molecule has 7 aliphatic rings. The van der Waals surface area contributed by atoms with Crippen LogP contribution in [-0.2, 0) is 23.7 Å². The van der Waals surface area contributed by atoms with E-state index in [9.17, 15) is 61.0 Å². The van der Waals surface area contributed by atoms with Gasteiger partial charge in [0.05, 0.1) is 43.5 Å². The fraction of sp³-hybridized carbons (Fsp3) is 0.929. The Balaban J connectivity index is 1.21. The van der Waals surface area contributed by atoms with Crippen LogP contribution in [0, 0.1) is 50.2 Å². The van der Waals surface area contributed by atoms with Crippen molar-refractivity contribution in [1.29, 1.82) is 0 Å². The van der Waals surface area contributed by atoms with E-state index in [2.05, 4.69) is 40.7 Å². The van der Waals surface area contributed by atoms with Crippen LogP contribution in [0.25, 0.3) is 0 Å². The summed E-state index contributed by atoms with van der Waals surface area (Å²) >= 11 is 0. The first-order valence-corrected chi connectivity index (χ1v) is 21.2. The van der Waals surface area contributed by atoms with Crippen molar-refractivity contribution in [3.05, 3.63) is 11.6 Å². The normalized spacial score (nSPS) is 55.3. The maximum absolute atomic E-state index is 13.8. The van der Waals surface area contributed by atoms with Crippen molar-refractivity contribution in [2.24, 2.45) is 50.2 Å². The zero-order valence-corrected chi connectivity index (χ0v) is 34.6. The minimum Gasteiger partial charge on any atom is -0.481 e. The molecule has 5 aliphatic carbocycles. The Hall–Kier alpha value is -1.35. The van der Waals surface area contributed by atoms with Gasteiger partial charge in [-0.05, 0) is 90.8 Å². The lowest BCUT2D eigenvalue weighted by Gasteiger charge is -2.71. The molecular formula is C42H68O16. The van der Waals surface area contributed by atoms with E-state index in [1.807, 2.05) is 0 Å². The molecule has 2 aliphatic heterocycles. The van der Waals surface area contributed by atoms with Crippen molar-refractivity contribution in [3.8, 4) is 0 Å². The summed E-state index contributed by atoms with van der Waals surface area (Å²) in [7, 11) is 0. The lowest BCUT2D eigenvalue weighted by atomic mass is 9.33. The van der Waals surface area contributed by atoms with Gasteiger partial charge in [0.2, 0.25) is 0 Å². The molecule has 6 unspecified atom stereocenters. The van der Waals surface area contributed by atoms with Gasteiger partial charge in [-0.3, -0.25) is 4.79 Å². The molecule has 0 aromatic carbocycles. The highest BCUT2D eigenvalue weighted by atomic mass is 16.8. The van der Waals surface area contributed by atoms with Crippen LogP contribution in [0.2, 0.25) is 0 Å². The fourth-order valence-electron chi connectivity index (χ4n) is 13.8. The lowest BCUT2D eigenvalue weighted by Crippen LogP contribution is -2.68. The minimum atomic E-state index is -1.87. The summed E-state index contributed by atoms with van der Waals surface area (Å²) in [6, 6.07) is 0. The topological polar surface area (TPSA) is 277 Å². The smallest absolute Gasteiger partial charge is 0.310 e. The van der Waals surface area contributed by atoms with E-state index in [-0.39, 0.29) is 35.5 Å². The quantitative estimate of drug-likeness (QED) is 0.112. The third-order valence-electron chi connectivity index (χ3n) is 17.6. The summed E-state index contributed by atoms with van der Waals surface area (Å²) in [6.45, 7) is 10.9. The molecule has 2 saturated heterocycles. The fourth-order valence-corrected chi connectivity index (χ4v) is 13.8. The van der Waals surface area contributed by atoms with Crippen LogP contribution in [0.3, 0.4) is 0 Å². The van der Waals surface area contributed by atoms with E-state index in [4.69, 9.17) is 18.9 Å². The Kier molecular flexibility index (Phi) is 11.7. The molecule has 0 aromatic rings. The molecule has 0 spiro atoms. The number of carbonyl (C=O) groups is 1. The molecule has 16 nitrogen and oxygen atoms in total. The zero-order valence-electron chi connectivity index (χ0n) is 34.6. The number of hydrogen-bond acceptors (Lipinski definition) is 15. The molecule has 0 amide bonds. The van der Waals surface area contributed by atoms with Crippen LogP contribution in [0.1, 0.15) is 92.9 Å². The molecule has 0 bridgehead atoms. The maximum atomic E-state index is 13.8. The van der Waals surface area contributed by atoms with E-state index in [0.717, 1.165) is 18.4 Å². The number of carboxylic acid groups (broad SMARTS) is 1. The van der Waals surface area contributed by atoms with Gasteiger partial charge in [0, 0.05) is 5.41 Å². The van der Waals surface area contributed by atoms with Crippen LogP contribution in [0.15, 0.2) is 11.6 Å². The average Bonchev–Trinajstić information content (AvgIpc) is 3.17. The van der Waals surface area contributed by atoms with Gasteiger partial charge >= 0.3 is 5.97 Å². The molecule has 2 heterocycles. The Morgan fingerprint density at radius 2 is 1.36 bits per heavy atom. The third-order valence-corrected chi connectivity index (χ3v) is 17.6. The highest BCUT2D eigenvalue weighted by Crippen LogP contribution is 2.76. The summed E-state index contributed by atoms with van der Waals surface area (Å²) < 4.78 is 23.9. The second-order valence-corrected chi connectivity index (χ2v) is 20.7. The van der Waals surface area contributed by atoms with Crippen molar-refractivity contribution < 1.29 is 79.9 Å². The van der Waals surface area contributed by atoms with E-state index in [1.54, 1.807) is 6.92 Å². The summed E-state index contributed by atoms with van der Waals surface area (Å²) in [6.07, 6.45) is -13.2. The molecule has 7 rings (SSSR count). The van der Waals surface area contributed by atoms with Gasteiger partial charge in [-0.2, -0.15) is 0 Å². The monoisotopic (exact) mass is 828 g/mol. The summed E-state index contributed by atoms with van der Waals surface area (Å²) in [5, 5.41) is 118. The SMILES string of the molecule is CC1(CO)C[C@H]2C3=CCC4[C@@]5(C)CC(O)C(O)C(C)(C)C5CC[C@@]4(C)[C@]3(C)CC[C@@]2(C(=O)O)CC1O[C@@H]1O[C@H](CO)[C@@H](O)[C@H](O)[C@H]1O[C@@H]1O[C@H](CO)[C@@H](O)[C@H](O)[C@H]1O. The maximum Gasteiger partial charge on any atom is 0.310 e. The number of allylic oxidation sites excluding steroid dienone is 2. The molecule has 16 heteroatoms. The van der Waals surface area contributed by atoms with Crippen molar-refractivity contribution in [1.82, 2.24) is 0 Å². The van der Waals surface area contributed by atoms with Crippen molar-refractivity contribution >= 4 is 5.97 Å². The Morgan fingerprint density at radius 3 is 1.97 bits per heavy atom. The number of aliphatic hydroxyl groups excluding tert-OH is 10. The van der Waals surface area contributed by atoms with Crippen LogP contribution in [-0.4, -0.2) is 162 Å². The first-order valence-electron chi connectivity index (χ1n) is 21.2. The first kappa shape index (κ1) is 44.7. The average molecular weight is 829 g/mol. The number of carboxylic acids is 1. The van der Waals surface area contributed by atoms with Crippen LogP contribution >= 0.6 is 0 Å². The Morgan fingerprint density at radius 1 is 0.741 bits per heavy atom. The number of rotatable bonds is 8. The number of fused-ring (bicyclic) bond motifs is 7.